The van der Waals surface area contributed by atoms with Crippen LogP contribution in [0.1, 0.15) is 44.9 Å². The molecular formula is C13H23Cl2N. The van der Waals surface area contributed by atoms with E-state index in [9.17, 15) is 0 Å². The van der Waals surface area contributed by atoms with Gasteiger partial charge in [-0.2, -0.15) is 0 Å². The van der Waals surface area contributed by atoms with Crippen LogP contribution in [-0.4, -0.2) is 29.9 Å². The Labute approximate surface area is 111 Å². The Bertz CT molecular complexity index is 228. The highest BCUT2D eigenvalue weighted by atomic mass is 35.5. The summed E-state index contributed by atoms with van der Waals surface area (Å²) in [6, 6.07) is 0.769. The van der Waals surface area contributed by atoms with Crippen molar-refractivity contribution in [1.82, 2.24) is 4.90 Å². The van der Waals surface area contributed by atoms with Gasteiger partial charge in [-0.25, -0.2) is 0 Å². The van der Waals surface area contributed by atoms with Crippen molar-refractivity contribution >= 4 is 24.0 Å². The van der Waals surface area contributed by atoms with E-state index in [-0.39, 0.29) is 12.4 Å². The smallest absolute Gasteiger partial charge is 0.0238 e. The summed E-state index contributed by atoms with van der Waals surface area (Å²) in [6.07, 6.45) is 11.8. The van der Waals surface area contributed by atoms with Crippen molar-refractivity contribution in [3.05, 3.63) is 11.6 Å². The molecule has 1 aliphatic carbocycles. The minimum Gasteiger partial charge on any atom is -0.296 e. The first kappa shape index (κ1) is 14.3. The van der Waals surface area contributed by atoms with Crippen molar-refractivity contribution in [2.24, 2.45) is 0 Å². The first-order chi connectivity index (χ1) is 7.40. The lowest BCUT2D eigenvalue weighted by molar-refractivity contribution is 0.266. The molecule has 2 rings (SSSR count). The zero-order chi connectivity index (χ0) is 10.5. The van der Waals surface area contributed by atoms with Gasteiger partial charge < -0.3 is 0 Å². The van der Waals surface area contributed by atoms with Crippen LogP contribution in [-0.2, 0) is 0 Å². The molecule has 1 fully saturated rings. The highest BCUT2D eigenvalue weighted by Gasteiger charge is 2.24. The van der Waals surface area contributed by atoms with Gasteiger partial charge in [-0.3, -0.25) is 4.90 Å². The third-order valence-corrected chi connectivity index (χ3v) is 3.95. The highest BCUT2D eigenvalue weighted by molar-refractivity contribution is 6.17. The van der Waals surface area contributed by atoms with E-state index in [4.69, 9.17) is 11.6 Å². The van der Waals surface area contributed by atoms with Gasteiger partial charge in [0.15, 0.2) is 0 Å². The van der Waals surface area contributed by atoms with E-state index in [0.29, 0.717) is 0 Å². The largest absolute Gasteiger partial charge is 0.296 e. The van der Waals surface area contributed by atoms with E-state index in [1.807, 2.05) is 0 Å². The maximum atomic E-state index is 5.85. The second-order valence-electron chi connectivity index (χ2n) is 4.85. The summed E-state index contributed by atoms with van der Waals surface area (Å²) in [5, 5.41) is 0. The summed E-state index contributed by atoms with van der Waals surface area (Å²) in [5.74, 6) is 0.820. The highest BCUT2D eigenvalue weighted by Crippen LogP contribution is 2.25. The zero-order valence-corrected chi connectivity index (χ0v) is 11.5. The van der Waals surface area contributed by atoms with E-state index in [0.717, 1.165) is 11.9 Å². The topological polar surface area (TPSA) is 3.24 Å². The molecule has 1 saturated heterocycles. The number of nitrogens with zero attached hydrogens (tertiary/aromatic N) is 1. The Kier molecular flexibility index (Phi) is 6.79. The normalized spacial score (nSPS) is 26.3. The lowest BCUT2D eigenvalue weighted by Gasteiger charge is -2.26. The molecule has 0 aromatic rings. The summed E-state index contributed by atoms with van der Waals surface area (Å²) < 4.78 is 0. The first-order valence-corrected chi connectivity index (χ1v) is 6.91. The Morgan fingerprint density at radius 2 is 2.19 bits per heavy atom. The number of rotatable bonds is 4. The predicted molar refractivity (Wildman–Crippen MR) is 73.7 cm³/mol. The molecule has 0 bridgehead atoms. The van der Waals surface area contributed by atoms with E-state index < -0.39 is 0 Å². The maximum absolute atomic E-state index is 5.85. The van der Waals surface area contributed by atoms with Gasteiger partial charge in [0.2, 0.25) is 0 Å². The summed E-state index contributed by atoms with van der Waals surface area (Å²) in [5.41, 5.74) is 1.68. The molecule has 2 aliphatic rings. The van der Waals surface area contributed by atoms with E-state index in [1.165, 1.54) is 58.0 Å². The molecule has 16 heavy (non-hydrogen) atoms. The van der Waals surface area contributed by atoms with Gasteiger partial charge in [0.05, 0.1) is 0 Å². The van der Waals surface area contributed by atoms with Gasteiger partial charge in [-0.15, -0.1) is 24.0 Å². The first-order valence-electron chi connectivity index (χ1n) is 6.38. The minimum absolute atomic E-state index is 0. The number of hydrogen-bond donors (Lipinski definition) is 0. The lowest BCUT2D eigenvalue weighted by Crippen LogP contribution is -2.31. The van der Waals surface area contributed by atoms with Gasteiger partial charge in [0, 0.05) is 18.5 Å². The minimum atomic E-state index is 0. The van der Waals surface area contributed by atoms with Crippen LogP contribution in [0.15, 0.2) is 11.6 Å². The summed E-state index contributed by atoms with van der Waals surface area (Å²) in [4.78, 5) is 2.65. The van der Waals surface area contributed by atoms with Crippen LogP contribution in [0.3, 0.4) is 0 Å². The molecule has 0 radical (unpaired) electrons. The van der Waals surface area contributed by atoms with Crippen LogP contribution in [0.2, 0.25) is 0 Å². The summed E-state index contributed by atoms with van der Waals surface area (Å²) >= 11 is 5.85. The fourth-order valence-corrected chi connectivity index (χ4v) is 3.12. The molecule has 0 amide bonds. The molecule has 1 nitrogen and oxygen atoms in total. The number of hydrogen-bond acceptors (Lipinski definition) is 1. The van der Waals surface area contributed by atoms with Crippen LogP contribution in [0.25, 0.3) is 0 Å². The molecule has 1 unspecified atom stereocenters. The summed E-state index contributed by atoms with van der Waals surface area (Å²) in [6.45, 7) is 2.51. The Morgan fingerprint density at radius 3 is 2.88 bits per heavy atom. The second kappa shape index (κ2) is 7.58. The van der Waals surface area contributed by atoms with Gasteiger partial charge in [0.25, 0.3) is 0 Å². The molecule has 94 valence electrons. The number of likely N-dealkylation sites (tertiary alicyclic amines) is 1. The molecule has 0 spiro atoms. The number of alkyl halides is 1. The maximum Gasteiger partial charge on any atom is 0.0238 e. The standard InChI is InChI=1S/C13H22ClN.ClH/c14-9-8-13-7-4-10-15(13)11-12-5-2-1-3-6-12;/h5,13H,1-4,6-11H2;1H. The Balaban J connectivity index is 0.00000128. The van der Waals surface area contributed by atoms with E-state index in [2.05, 4.69) is 11.0 Å². The molecule has 1 heterocycles. The SMILES string of the molecule is Cl.ClCCC1CCCN1CC1=CCCCC1. The molecule has 0 N–H and O–H groups in total. The molecule has 0 aromatic carbocycles. The fraction of sp³-hybridized carbons (Fsp3) is 0.846. The fourth-order valence-electron chi connectivity index (χ4n) is 2.87. The van der Waals surface area contributed by atoms with Crippen LogP contribution in [0.4, 0.5) is 0 Å². The third-order valence-electron chi connectivity index (χ3n) is 3.73. The van der Waals surface area contributed by atoms with Crippen molar-refractivity contribution in [1.29, 1.82) is 0 Å². The Hall–Kier alpha value is 0.280. The third kappa shape index (κ3) is 3.94. The van der Waals surface area contributed by atoms with Gasteiger partial charge in [-0.05, 0) is 51.5 Å². The van der Waals surface area contributed by atoms with E-state index in [1.54, 1.807) is 5.57 Å². The van der Waals surface area contributed by atoms with Crippen molar-refractivity contribution in [2.45, 2.75) is 51.0 Å². The Morgan fingerprint density at radius 1 is 1.31 bits per heavy atom. The van der Waals surface area contributed by atoms with Crippen LogP contribution < -0.4 is 0 Å². The molecule has 3 heteroatoms. The van der Waals surface area contributed by atoms with Crippen LogP contribution in [0.5, 0.6) is 0 Å². The summed E-state index contributed by atoms with van der Waals surface area (Å²) in [7, 11) is 0. The van der Waals surface area contributed by atoms with Gasteiger partial charge in [-0.1, -0.05) is 11.6 Å². The van der Waals surface area contributed by atoms with Crippen LogP contribution in [0, 0.1) is 0 Å². The molecule has 1 atom stereocenters. The zero-order valence-electron chi connectivity index (χ0n) is 9.96. The van der Waals surface area contributed by atoms with Crippen molar-refractivity contribution in [3.63, 3.8) is 0 Å². The molecule has 0 saturated carbocycles. The number of allylic oxidation sites excluding steroid dienone is 1. The van der Waals surface area contributed by atoms with Crippen molar-refractivity contribution in [3.8, 4) is 0 Å². The number of halogens is 2. The van der Waals surface area contributed by atoms with Gasteiger partial charge in [0.1, 0.15) is 0 Å². The average Bonchev–Trinajstić information content (AvgIpc) is 2.68. The van der Waals surface area contributed by atoms with Crippen molar-refractivity contribution < 1.29 is 0 Å². The lowest BCUT2D eigenvalue weighted by atomic mass is 9.99. The van der Waals surface area contributed by atoms with Crippen LogP contribution >= 0.6 is 24.0 Å². The van der Waals surface area contributed by atoms with Gasteiger partial charge >= 0.3 is 0 Å². The second-order valence-corrected chi connectivity index (χ2v) is 5.23. The molecular weight excluding hydrogens is 241 g/mol. The molecule has 0 aromatic heterocycles. The molecule has 1 aliphatic heterocycles. The van der Waals surface area contributed by atoms with E-state index >= 15 is 0 Å². The predicted octanol–water partition coefficient (Wildman–Crippen LogP) is 4.00. The quantitative estimate of drug-likeness (QED) is 0.548. The average molecular weight is 264 g/mol. The monoisotopic (exact) mass is 263 g/mol. The van der Waals surface area contributed by atoms with Crippen molar-refractivity contribution in [2.75, 3.05) is 19.0 Å².